The van der Waals surface area contributed by atoms with Gasteiger partial charge < -0.3 is 5.11 Å². The zero-order valence-electron chi connectivity index (χ0n) is 9.58. The van der Waals surface area contributed by atoms with Gasteiger partial charge in [-0.15, -0.1) is 0 Å². The van der Waals surface area contributed by atoms with Gasteiger partial charge in [0.2, 0.25) is 0 Å². The third kappa shape index (κ3) is 1.63. The third-order valence-corrected chi connectivity index (χ3v) is 2.96. The summed E-state index contributed by atoms with van der Waals surface area (Å²) in [7, 11) is 0. The molecule has 3 rings (SSSR count). The Kier molecular flexibility index (Phi) is 2.50. The standard InChI is InChI=1S/C14H12N2O2/c17-13-11-8-4-5-9-12(11)14(18)16(13)15-10-6-2-1-3-7-10/h1-9,13,15,17H. The molecule has 0 aliphatic carbocycles. The highest BCUT2D eigenvalue weighted by atomic mass is 16.3. The highest BCUT2D eigenvalue weighted by molar-refractivity contribution is 5.99. The van der Waals surface area contributed by atoms with Gasteiger partial charge in [-0.1, -0.05) is 36.4 Å². The Morgan fingerprint density at radius 3 is 2.39 bits per heavy atom. The molecule has 0 bridgehead atoms. The quantitative estimate of drug-likeness (QED) is 0.845. The van der Waals surface area contributed by atoms with Crippen LogP contribution >= 0.6 is 0 Å². The van der Waals surface area contributed by atoms with Crippen molar-refractivity contribution < 1.29 is 9.90 Å². The molecule has 1 atom stereocenters. The summed E-state index contributed by atoms with van der Waals surface area (Å²) in [4.78, 5) is 12.1. The van der Waals surface area contributed by atoms with Crippen LogP contribution in [-0.4, -0.2) is 16.0 Å². The molecule has 2 N–H and O–H groups in total. The van der Waals surface area contributed by atoms with Gasteiger partial charge in [-0.25, -0.2) is 5.01 Å². The molecule has 0 radical (unpaired) electrons. The second-order valence-corrected chi connectivity index (χ2v) is 4.11. The molecule has 2 aromatic carbocycles. The zero-order valence-corrected chi connectivity index (χ0v) is 9.58. The molecule has 0 saturated carbocycles. The number of hydrogen-bond acceptors (Lipinski definition) is 3. The molecular formula is C14H12N2O2. The summed E-state index contributed by atoms with van der Waals surface area (Å²) in [5, 5.41) is 11.4. The molecule has 4 nitrogen and oxygen atoms in total. The third-order valence-electron chi connectivity index (χ3n) is 2.96. The number of benzene rings is 2. The lowest BCUT2D eigenvalue weighted by molar-refractivity contribution is 0.0296. The second kappa shape index (κ2) is 4.16. The van der Waals surface area contributed by atoms with Crippen molar-refractivity contribution in [1.82, 2.24) is 5.01 Å². The topological polar surface area (TPSA) is 52.6 Å². The van der Waals surface area contributed by atoms with E-state index >= 15 is 0 Å². The first-order valence-corrected chi connectivity index (χ1v) is 5.69. The van der Waals surface area contributed by atoms with E-state index in [1.807, 2.05) is 30.3 Å². The van der Waals surface area contributed by atoms with Crippen molar-refractivity contribution >= 4 is 11.6 Å². The summed E-state index contributed by atoms with van der Waals surface area (Å²) in [6.45, 7) is 0. The monoisotopic (exact) mass is 240 g/mol. The highest BCUT2D eigenvalue weighted by Gasteiger charge is 2.35. The van der Waals surface area contributed by atoms with Crippen LogP contribution in [0, 0.1) is 0 Å². The largest absolute Gasteiger partial charge is 0.368 e. The smallest absolute Gasteiger partial charge is 0.275 e. The number of aliphatic hydroxyl groups is 1. The average Bonchev–Trinajstić information content (AvgIpc) is 2.66. The Labute approximate surface area is 104 Å². The van der Waals surface area contributed by atoms with Crippen LogP contribution in [0.4, 0.5) is 5.69 Å². The molecule has 1 aliphatic heterocycles. The minimum absolute atomic E-state index is 0.220. The van der Waals surface area contributed by atoms with Crippen LogP contribution in [0.5, 0.6) is 0 Å². The van der Waals surface area contributed by atoms with E-state index in [0.29, 0.717) is 11.1 Å². The molecule has 2 aromatic rings. The van der Waals surface area contributed by atoms with E-state index in [2.05, 4.69) is 5.43 Å². The van der Waals surface area contributed by atoms with Gasteiger partial charge in [0.25, 0.3) is 5.91 Å². The van der Waals surface area contributed by atoms with E-state index in [-0.39, 0.29) is 5.91 Å². The normalized spacial score (nSPS) is 17.7. The molecule has 18 heavy (non-hydrogen) atoms. The number of hydrogen-bond donors (Lipinski definition) is 2. The van der Waals surface area contributed by atoms with Crippen LogP contribution in [-0.2, 0) is 0 Å². The zero-order chi connectivity index (χ0) is 12.5. The summed E-state index contributed by atoms with van der Waals surface area (Å²) < 4.78 is 0. The number of hydrazine groups is 1. The van der Waals surface area contributed by atoms with Crippen molar-refractivity contribution in [3.63, 3.8) is 0 Å². The average molecular weight is 240 g/mol. The van der Waals surface area contributed by atoms with Gasteiger partial charge in [0.1, 0.15) is 0 Å². The van der Waals surface area contributed by atoms with Gasteiger partial charge in [0, 0.05) is 11.1 Å². The number of rotatable bonds is 2. The van der Waals surface area contributed by atoms with Crippen molar-refractivity contribution in [2.45, 2.75) is 6.23 Å². The molecule has 0 spiro atoms. The van der Waals surface area contributed by atoms with Crippen molar-refractivity contribution in [2.24, 2.45) is 0 Å². The Hall–Kier alpha value is -2.33. The first-order valence-electron chi connectivity index (χ1n) is 5.69. The fourth-order valence-corrected chi connectivity index (χ4v) is 2.06. The number of amides is 1. The number of fused-ring (bicyclic) bond motifs is 1. The van der Waals surface area contributed by atoms with Gasteiger partial charge in [0.05, 0.1) is 5.69 Å². The first-order chi connectivity index (χ1) is 8.77. The number of aliphatic hydroxyl groups excluding tert-OH is 1. The van der Waals surface area contributed by atoms with Gasteiger partial charge in [-0.05, 0) is 18.2 Å². The first kappa shape index (κ1) is 10.8. The molecular weight excluding hydrogens is 228 g/mol. The van der Waals surface area contributed by atoms with E-state index in [1.54, 1.807) is 24.3 Å². The van der Waals surface area contributed by atoms with Crippen molar-refractivity contribution in [1.29, 1.82) is 0 Å². The fourth-order valence-electron chi connectivity index (χ4n) is 2.06. The molecule has 1 aliphatic rings. The molecule has 90 valence electrons. The number of nitrogens with zero attached hydrogens (tertiary/aromatic N) is 1. The molecule has 1 amide bonds. The van der Waals surface area contributed by atoms with Crippen LogP contribution in [0.1, 0.15) is 22.1 Å². The van der Waals surface area contributed by atoms with Crippen LogP contribution in [0.2, 0.25) is 0 Å². The van der Waals surface area contributed by atoms with Crippen molar-refractivity contribution in [3.8, 4) is 0 Å². The molecule has 4 heteroatoms. The van der Waals surface area contributed by atoms with Crippen LogP contribution < -0.4 is 5.43 Å². The molecule has 0 saturated heterocycles. The van der Waals surface area contributed by atoms with Crippen LogP contribution in [0.25, 0.3) is 0 Å². The van der Waals surface area contributed by atoms with Crippen molar-refractivity contribution in [2.75, 3.05) is 5.43 Å². The summed E-state index contributed by atoms with van der Waals surface area (Å²) in [5.74, 6) is -0.220. The number of nitrogens with one attached hydrogen (secondary N) is 1. The fraction of sp³-hybridized carbons (Fsp3) is 0.0714. The number of anilines is 1. The van der Waals surface area contributed by atoms with Gasteiger partial charge in [0.15, 0.2) is 6.23 Å². The maximum absolute atomic E-state index is 12.1. The van der Waals surface area contributed by atoms with E-state index in [0.717, 1.165) is 5.69 Å². The van der Waals surface area contributed by atoms with Gasteiger partial charge in [-0.3, -0.25) is 10.2 Å². The van der Waals surface area contributed by atoms with E-state index < -0.39 is 6.23 Å². The van der Waals surface area contributed by atoms with Gasteiger partial charge in [-0.2, -0.15) is 0 Å². The number of carbonyl (C=O) groups is 1. The predicted molar refractivity (Wildman–Crippen MR) is 67.6 cm³/mol. The Bertz CT molecular complexity index is 583. The second-order valence-electron chi connectivity index (χ2n) is 4.11. The number of para-hydroxylation sites is 1. The molecule has 1 heterocycles. The lowest BCUT2D eigenvalue weighted by Gasteiger charge is -2.22. The Balaban J connectivity index is 1.91. The van der Waals surface area contributed by atoms with Crippen LogP contribution in [0.3, 0.4) is 0 Å². The minimum atomic E-state index is -0.950. The van der Waals surface area contributed by atoms with E-state index in [4.69, 9.17) is 0 Å². The predicted octanol–water partition coefficient (Wildman–Crippen LogP) is 2.16. The molecule has 1 unspecified atom stereocenters. The van der Waals surface area contributed by atoms with Crippen LogP contribution in [0.15, 0.2) is 54.6 Å². The Morgan fingerprint density at radius 1 is 1.00 bits per heavy atom. The van der Waals surface area contributed by atoms with E-state index in [1.165, 1.54) is 5.01 Å². The summed E-state index contributed by atoms with van der Waals surface area (Å²) in [5.41, 5.74) is 4.85. The SMILES string of the molecule is O=C1c2ccccc2C(O)N1Nc1ccccc1. The van der Waals surface area contributed by atoms with Gasteiger partial charge >= 0.3 is 0 Å². The minimum Gasteiger partial charge on any atom is -0.368 e. The lowest BCUT2D eigenvalue weighted by atomic mass is 10.1. The summed E-state index contributed by atoms with van der Waals surface area (Å²) in [6, 6.07) is 16.4. The highest BCUT2D eigenvalue weighted by Crippen LogP contribution is 2.31. The molecule has 0 aromatic heterocycles. The van der Waals surface area contributed by atoms with E-state index in [9.17, 15) is 9.90 Å². The lowest BCUT2D eigenvalue weighted by Crippen LogP contribution is -2.33. The summed E-state index contributed by atoms with van der Waals surface area (Å²) >= 11 is 0. The molecule has 0 fully saturated rings. The van der Waals surface area contributed by atoms with Crippen molar-refractivity contribution in [3.05, 3.63) is 65.7 Å². The Morgan fingerprint density at radius 2 is 1.67 bits per heavy atom. The summed E-state index contributed by atoms with van der Waals surface area (Å²) in [6.07, 6.45) is -0.950. The maximum atomic E-state index is 12.1. The maximum Gasteiger partial charge on any atom is 0.275 e. The number of carbonyl (C=O) groups excluding carboxylic acids is 1.